The maximum atomic E-state index is 12.9. The lowest BCUT2D eigenvalue weighted by molar-refractivity contribution is -0.129. The van der Waals surface area contributed by atoms with Gasteiger partial charge in [0.1, 0.15) is 23.8 Å². The van der Waals surface area contributed by atoms with Crippen LogP contribution >= 0.6 is 0 Å². The first-order valence-electron chi connectivity index (χ1n) is 7.92. The van der Waals surface area contributed by atoms with Crippen LogP contribution in [0.15, 0.2) is 36.7 Å². The van der Waals surface area contributed by atoms with E-state index in [2.05, 4.69) is 20.2 Å². The van der Waals surface area contributed by atoms with E-state index in [1.165, 1.54) is 18.5 Å². The molecule has 2 aromatic rings. The van der Waals surface area contributed by atoms with Crippen molar-refractivity contribution in [2.75, 3.05) is 36.4 Å². The molecule has 1 N–H and O–H groups in total. The molecule has 7 heteroatoms. The van der Waals surface area contributed by atoms with Gasteiger partial charge in [0, 0.05) is 45.7 Å². The number of carbonyl (C=O) groups is 1. The van der Waals surface area contributed by atoms with Gasteiger partial charge in [-0.1, -0.05) is 12.1 Å². The van der Waals surface area contributed by atoms with Crippen molar-refractivity contribution in [2.45, 2.75) is 13.5 Å². The summed E-state index contributed by atoms with van der Waals surface area (Å²) in [5.74, 6) is 1.43. The highest BCUT2D eigenvalue weighted by Crippen LogP contribution is 2.17. The Kier molecular flexibility index (Phi) is 4.88. The summed E-state index contributed by atoms with van der Waals surface area (Å²) in [6, 6.07) is 8.26. The molecule has 1 aliphatic heterocycles. The number of hydrogen-bond acceptors (Lipinski definition) is 5. The molecule has 24 heavy (non-hydrogen) atoms. The molecule has 1 saturated heterocycles. The second-order valence-corrected chi connectivity index (χ2v) is 5.73. The Hall–Kier alpha value is -2.70. The fraction of sp³-hybridized carbons (Fsp3) is 0.353. The lowest BCUT2D eigenvalue weighted by atomic mass is 10.2. The number of nitrogens with one attached hydrogen (secondary N) is 1. The van der Waals surface area contributed by atoms with Gasteiger partial charge < -0.3 is 15.1 Å². The van der Waals surface area contributed by atoms with Crippen LogP contribution in [0.4, 0.5) is 16.0 Å². The number of benzene rings is 1. The minimum absolute atomic E-state index is 0.110. The van der Waals surface area contributed by atoms with Gasteiger partial charge in [0.15, 0.2) is 0 Å². The van der Waals surface area contributed by atoms with Crippen molar-refractivity contribution in [2.24, 2.45) is 0 Å². The Morgan fingerprint density at radius 3 is 2.54 bits per heavy atom. The van der Waals surface area contributed by atoms with Crippen molar-refractivity contribution in [1.29, 1.82) is 0 Å². The number of anilines is 2. The highest BCUT2D eigenvalue weighted by molar-refractivity contribution is 5.73. The zero-order chi connectivity index (χ0) is 16.9. The zero-order valence-corrected chi connectivity index (χ0v) is 13.6. The molecule has 1 amide bonds. The first-order valence-corrected chi connectivity index (χ1v) is 7.92. The van der Waals surface area contributed by atoms with Crippen molar-refractivity contribution in [1.82, 2.24) is 14.9 Å². The minimum Gasteiger partial charge on any atom is -0.366 e. The van der Waals surface area contributed by atoms with E-state index >= 15 is 0 Å². The number of halogens is 1. The molecule has 0 atom stereocenters. The van der Waals surface area contributed by atoms with E-state index in [-0.39, 0.29) is 11.7 Å². The quantitative estimate of drug-likeness (QED) is 0.928. The maximum Gasteiger partial charge on any atom is 0.219 e. The third-order valence-electron chi connectivity index (χ3n) is 4.09. The first kappa shape index (κ1) is 16.2. The second kappa shape index (κ2) is 7.25. The zero-order valence-electron chi connectivity index (χ0n) is 13.6. The van der Waals surface area contributed by atoms with Crippen LogP contribution in [0, 0.1) is 5.82 Å². The van der Waals surface area contributed by atoms with E-state index in [1.807, 2.05) is 11.0 Å². The van der Waals surface area contributed by atoms with Gasteiger partial charge in [-0.25, -0.2) is 14.4 Å². The van der Waals surface area contributed by atoms with Crippen molar-refractivity contribution in [3.8, 4) is 0 Å². The fourth-order valence-corrected chi connectivity index (χ4v) is 2.66. The molecule has 1 fully saturated rings. The number of rotatable bonds is 4. The van der Waals surface area contributed by atoms with Gasteiger partial charge in [0.25, 0.3) is 0 Å². The molecule has 126 valence electrons. The van der Waals surface area contributed by atoms with E-state index < -0.39 is 0 Å². The third kappa shape index (κ3) is 3.98. The van der Waals surface area contributed by atoms with Crippen LogP contribution in [0.1, 0.15) is 12.5 Å². The van der Waals surface area contributed by atoms with Crippen LogP contribution in [0.25, 0.3) is 0 Å². The lowest BCUT2D eigenvalue weighted by Crippen LogP contribution is -2.48. The molecule has 0 unspecified atom stereocenters. The molecule has 0 spiro atoms. The number of aromatic nitrogens is 2. The predicted octanol–water partition coefficient (Wildman–Crippen LogP) is 1.90. The van der Waals surface area contributed by atoms with Gasteiger partial charge in [-0.2, -0.15) is 0 Å². The topological polar surface area (TPSA) is 61.4 Å². The maximum absolute atomic E-state index is 12.9. The Balaban J connectivity index is 1.60. The van der Waals surface area contributed by atoms with Crippen molar-refractivity contribution in [3.63, 3.8) is 0 Å². The molecule has 0 aliphatic carbocycles. The van der Waals surface area contributed by atoms with Crippen molar-refractivity contribution < 1.29 is 9.18 Å². The normalized spacial score (nSPS) is 14.6. The molecule has 3 rings (SSSR count). The Morgan fingerprint density at radius 1 is 1.17 bits per heavy atom. The van der Waals surface area contributed by atoms with Gasteiger partial charge in [-0.05, 0) is 17.7 Å². The van der Waals surface area contributed by atoms with Crippen molar-refractivity contribution in [3.05, 3.63) is 48.0 Å². The monoisotopic (exact) mass is 329 g/mol. The summed E-state index contributed by atoms with van der Waals surface area (Å²) >= 11 is 0. The van der Waals surface area contributed by atoms with E-state index in [4.69, 9.17) is 0 Å². The lowest BCUT2D eigenvalue weighted by Gasteiger charge is -2.34. The van der Waals surface area contributed by atoms with Gasteiger partial charge in [-0.15, -0.1) is 0 Å². The summed E-state index contributed by atoms with van der Waals surface area (Å²) in [4.78, 5) is 23.9. The number of amides is 1. The Bertz CT molecular complexity index is 698. The number of nitrogens with zero attached hydrogens (tertiary/aromatic N) is 4. The van der Waals surface area contributed by atoms with Crippen LogP contribution < -0.4 is 10.2 Å². The van der Waals surface area contributed by atoms with Crippen LogP contribution in [0.2, 0.25) is 0 Å². The van der Waals surface area contributed by atoms with Gasteiger partial charge in [0.05, 0.1) is 0 Å². The predicted molar refractivity (Wildman–Crippen MR) is 90.2 cm³/mol. The van der Waals surface area contributed by atoms with E-state index in [0.717, 1.165) is 30.3 Å². The van der Waals surface area contributed by atoms with Crippen LogP contribution in [0.5, 0.6) is 0 Å². The molecule has 1 aliphatic rings. The van der Waals surface area contributed by atoms with Gasteiger partial charge in [0.2, 0.25) is 5.91 Å². The molecule has 6 nitrogen and oxygen atoms in total. The summed E-state index contributed by atoms with van der Waals surface area (Å²) in [6.07, 6.45) is 1.53. The summed E-state index contributed by atoms with van der Waals surface area (Å²) in [5, 5.41) is 3.22. The third-order valence-corrected chi connectivity index (χ3v) is 4.09. The fourth-order valence-electron chi connectivity index (χ4n) is 2.66. The molecular formula is C17H20FN5O. The molecule has 0 saturated carbocycles. The summed E-state index contributed by atoms with van der Waals surface area (Å²) in [6.45, 7) is 5.09. The van der Waals surface area contributed by atoms with Crippen molar-refractivity contribution >= 4 is 17.5 Å². The standard InChI is InChI=1S/C17H20FN5O/c1-13(24)22-6-8-23(9-7-22)17-10-16(20-12-21-17)19-11-14-2-4-15(18)5-3-14/h2-5,10,12H,6-9,11H2,1H3,(H,19,20,21). The highest BCUT2D eigenvalue weighted by Gasteiger charge is 2.19. The van der Waals surface area contributed by atoms with E-state index in [9.17, 15) is 9.18 Å². The first-order chi connectivity index (χ1) is 11.6. The highest BCUT2D eigenvalue weighted by atomic mass is 19.1. The average molecular weight is 329 g/mol. The summed E-state index contributed by atoms with van der Waals surface area (Å²) < 4.78 is 12.9. The Morgan fingerprint density at radius 2 is 1.88 bits per heavy atom. The van der Waals surface area contributed by atoms with Crippen LogP contribution in [-0.2, 0) is 11.3 Å². The van der Waals surface area contributed by atoms with E-state index in [1.54, 1.807) is 19.1 Å². The largest absolute Gasteiger partial charge is 0.366 e. The van der Waals surface area contributed by atoms with E-state index in [0.29, 0.717) is 19.6 Å². The second-order valence-electron chi connectivity index (χ2n) is 5.73. The number of carbonyl (C=O) groups excluding carboxylic acids is 1. The molecule has 1 aromatic heterocycles. The SMILES string of the molecule is CC(=O)N1CCN(c2cc(NCc3ccc(F)cc3)ncn2)CC1. The van der Waals surface area contributed by atoms with Gasteiger partial charge in [-0.3, -0.25) is 4.79 Å². The summed E-state index contributed by atoms with van der Waals surface area (Å²) in [5.41, 5.74) is 0.978. The molecule has 2 heterocycles. The molecule has 0 bridgehead atoms. The smallest absolute Gasteiger partial charge is 0.219 e. The van der Waals surface area contributed by atoms with Crippen LogP contribution in [-0.4, -0.2) is 47.0 Å². The summed E-state index contributed by atoms with van der Waals surface area (Å²) in [7, 11) is 0. The number of hydrogen-bond donors (Lipinski definition) is 1. The minimum atomic E-state index is -0.243. The number of piperazine rings is 1. The molecule has 0 radical (unpaired) electrons. The molecule has 1 aromatic carbocycles. The Labute approximate surface area is 140 Å². The van der Waals surface area contributed by atoms with Gasteiger partial charge >= 0.3 is 0 Å². The average Bonchev–Trinajstić information content (AvgIpc) is 2.61. The molecular weight excluding hydrogens is 309 g/mol. The van der Waals surface area contributed by atoms with Crippen LogP contribution in [0.3, 0.4) is 0 Å².